The predicted octanol–water partition coefficient (Wildman–Crippen LogP) is 2.71. The standard InChI is InChI=1S/C21H30N4O2/c1-16-11-23-18(12-22-16)13-25-15-21(9-7-19(25)26)8-4-10-24(14-21)20(27)17-5-2-3-6-17/h11-12,17H,2-10,13-15H2,1H3/t21-/m1/s1. The van der Waals surface area contributed by atoms with Gasteiger partial charge in [-0.3, -0.25) is 19.6 Å². The summed E-state index contributed by atoms with van der Waals surface area (Å²) in [6.07, 6.45) is 11.6. The van der Waals surface area contributed by atoms with Gasteiger partial charge in [0.05, 0.1) is 24.1 Å². The van der Waals surface area contributed by atoms with Crippen molar-refractivity contribution in [3.63, 3.8) is 0 Å². The highest BCUT2D eigenvalue weighted by atomic mass is 16.2. The first-order valence-electron chi connectivity index (χ1n) is 10.4. The molecule has 146 valence electrons. The van der Waals surface area contributed by atoms with Gasteiger partial charge in [-0.2, -0.15) is 0 Å². The Hall–Kier alpha value is -1.98. The number of piperidine rings is 2. The van der Waals surface area contributed by atoms with Crippen LogP contribution < -0.4 is 0 Å². The molecule has 1 aromatic rings. The summed E-state index contributed by atoms with van der Waals surface area (Å²) in [5.41, 5.74) is 1.77. The summed E-state index contributed by atoms with van der Waals surface area (Å²) in [7, 11) is 0. The molecule has 2 aliphatic heterocycles. The Morgan fingerprint density at radius 2 is 1.96 bits per heavy atom. The SMILES string of the molecule is Cc1cnc(CN2C[C@]3(CCCN(C(=O)C4CCCC4)C3)CCC2=O)cn1. The molecule has 0 aromatic carbocycles. The number of amides is 2. The second-order valence-corrected chi connectivity index (χ2v) is 8.74. The van der Waals surface area contributed by atoms with Crippen LogP contribution in [0.5, 0.6) is 0 Å². The van der Waals surface area contributed by atoms with Crippen LogP contribution in [-0.2, 0) is 16.1 Å². The molecule has 1 aromatic heterocycles. The van der Waals surface area contributed by atoms with Gasteiger partial charge < -0.3 is 9.80 Å². The van der Waals surface area contributed by atoms with Crippen LogP contribution in [0.15, 0.2) is 12.4 Å². The van der Waals surface area contributed by atoms with E-state index in [-0.39, 0.29) is 17.2 Å². The largest absolute Gasteiger partial charge is 0.342 e. The molecule has 1 aliphatic carbocycles. The Kier molecular flexibility index (Phi) is 5.15. The minimum absolute atomic E-state index is 0.0541. The van der Waals surface area contributed by atoms with Crippen molar-refractivity contribution in [3.05, 3.63) is 23.8 Å². The highest BCUT2D eigenvalue weighted by Gasteiger charge is 2.43. The molecule has 3 fully saturated rings. The van der Waals surface area contributed by atoms with Crippen molar-refractivity contribution >= 4 is 11.8 Å². The number of carbonyl (C=O) groups excluding carboxylic acids is 2. The average molecular weight is 370 g/mol. The summed E-state index contributed by atoms with van der Waals surface area (Å²) in [5, 5.41) is 0. The fourth-order valence-corrected chi connectivity index (χ4v) is 5.10. The molecule has 1 atom stereocenters. The van der Waals surface area contributed by atoms with Crippen LogP contribution in [0.3, 0.4) is 0 Å². The minimum atomic E-state index is 0.0541. The number of aryl methyl sites for hydroxylation is 1. The lowest BCUT2D eigenvalue weighted by atomic mass is 9.73. The average Bonchev–Trinajstić information content (AvgIpc) is 3.21. The molecule has 4 rings (SSSR count). The second-order valence-electron chi connectivity index (χ2n) is 8.74. The van der Waals surface area contributed by atoms with Gasteiger partial charge >= 0.3 is 0 Å². The first-order chi connectivity index (χ1) is 13.0. The zero-order chi connectivity index (χ0) is 18.9. The number of likely N-dealkylation sites (tertiary alicyclic amines) is 2. The minimum Gasteiger partial charge on any atom is -0.342 e. The maximum absolute atomic E-state index is 12.9. The Balaban J connectivity index is 1.44. The van der Waals surface area contributed by atoms with Crippen LogP contribution in [0.4, 0.5) is 0 Å². The highest BCUT2D eigenvalue weighted by Crippen LogP contribution is 2.40. The van der Waals surface area contributed by atoms with Crippen LogP contribution in [0.2, 0.25) is 0 Å². The molecule has 0 radical (unpaired) electrons. The van der Waals surface area contributed by atoms with E-state index in [0.717, 1.165) is 63.1 Å². The Morgan fingerprint density at radius 1 is 1.15 bits per heavy atom. The van der Waals surface area contributed by atoms with Crippen LogP contribution in [0.25, 0.3) is 0 Å². The van der Waals surface area contributed by atoms with Gasteiger partial charge in [0.25, 0.3) is 0 Å². The molecule has 2 saturated heterocycles. The Morgan fingerprint density at radius 3 is 2.70 bits per heavy atom. The van der Waals surface area contributed by atoms with Gasteiger partial charge in [0.15, 0.2) is 0 Å². The number of nitrogens with zero attached hydrogens (tertiary/aromatic N) is 4. The van der Waals surface area contributed by atoms with Crippen molar-refractivity contribution < 1.29 is 9.59 Å². The summed E-state index contributed by atoms with van der Waals surface area (Å²) < 4.78 is 0. The fourth-order valence-electron chi connectivity index (χ4n) is 5.10. The quantitative estimate of drug-likeness (QED) is 0.820. The van der Waals surface area contributed by atoms with Crippen molar-refractivity contribution in [1.29, 1.82) is 0 Å². The predicted molar refractivity (Wildman–Crippen MR) is 102 cm³/mol. The van der Waals surface area contributed by atoms with E-state index < -0.39 is 0 Å². The molecule has 6 heteroatoms. The molecule has 3 aliphatic rings. The molecular weight excluding hydrogens is 340 g/mol. The van der Waals surface area contributed by atoms with Gasteiger partial charge in [-0.15, -0.1) is 0 Å². The van der Waals surface area contributed by atoms with Crippen molar-refractivity contribution in [2.24, 2.45) is 11.3 Å². The van der Waals surface area contributed by atoms with E-state index in [9.17, 15) is 9.59 Å². The molecule has 6 nitrogen and oxygen atoms in total. The van der Waals surface area contributed by atoms with E-state index in [0.29, 0.717) is 18.9 Å². The molecule has 0 bridgehead atoms. The first-order valence-corrected chi connectivity index (χ1v) is 10.4. The molecule has 0 N–H and O–H groups in total. The molecule has 2 amide bonds. The van der Waals surface area contributed by atoms with Crippen molar-refractivity contribution in [2.75, 3.05) is 19.6 Å². The summed E-state index contributed by atoms with van der Waals surface area (Å²) >= 11 is 0. The van der Waals surface area contributed by atoms with Crippen molar-refractivity contribution in [2.45, 2.75) is 64.8 Å². The van der Waals surface area contributed by atoms with Gasteiger partial charge in [-0.05, 0) is 39.0 Å². The summed E-state index contributed by atoms with van der Waals surface area (Å²) in [6.45, 7) is 4.86. The topological polar surface area (TPSA) is 66.4 Å². The second kappa shape index (κ2) is 7.56. The van der Waals surface area contributed by atoms with Gasteiger partial charge in [0, 0.05) is 43.6 Å². The lowest BCUT2D eigenvalue weighted by Gasteiger charge is -2.48. The monoisotopic (exact) mass is 370 g/mol. The maximum atomic E-state index is 12.9. The zero-order valence-corrected chi connectivity index (χ0v) is 16.3. The summed E-state index contributed by atoms with van der Waals surface area (Å²) in [6, 6.07) is 0. The van der Waals surface area contributed by atoms with Crippen molar-refractivity contribution in [1.82, 2.24) is 19.8 Å². The zero-order valence-electron chi connectivity index (χ0n) is 16.3. The first kappa shape index (κ1) is 18.4. The Labute approximate surface area is 161 Å². The molecule has 0 unspecified atom stereocenters. The highest BCUT2D eigenvalue weighted by molar-refractivity contribution is 5.80. The molecule has 3 heterocycles. The van der Waals surface area contributed by atoms with E-state index in [1.165, 1.54) is 12.8 Å². The lowest BCUT2D eigenvalue weighted by Crippen LogP contribution is -2.55. The van der Waals surface area contributed by atoms with Gasteiger partial charge in [0.1, 0.15) is 0 Å². The smallest absolute Gasteiger partial charge is 0.225 e. The fraction of sp³-hybridized carbons (Fsp3) is 0.714. The van der Waals surface area contributed by atoms with E-state index in [4.69, 9.17) is 0 Å². The molecular formula is C21H30N4O2. The van der Waals surface area contributed by atoms with Crippen LogP contribution >= 0.6 is 0 Å². The number of aromatic nitrogens is 2. The number of carbonyl (C=O) groups is 2. The molecule has 1 saturated carbocycles. The third-order valence-electron chi connectivity index (χ3n) is 6.61. The molecule has 27 heavy (non-hydrogen) atoms. The van der Waals surface area contributed by atoms with Gasteiger partial charge in [-0.1, -0.05) is 12.8 Å². The summed E-state index contributed by atoms with van der Waals surface area (Å²) in [4.78, 5) is 38.2. The molecule has 1 spiro atoms. The van der Waals surface area contributed by atoms with Crippen LogP contribution in [-0.4, -0.2) is 51.2 Å². The third-order valence-corrected chi connectivity index (χ3v) is 6.61. The van der Waals surface area contributed by atoms with Gasteiger partial charge in [0.2, 0.25) is 11.8 Å². The van der Waals surface area contributed by atoms with E-state index in [1.54, 1.807) is 12.4 Å². The van der Waals surface area contributed by atoms with E-state index in [2.05, 4.69) is 14.9 Å². The maximum Gasteiger partial charge on any atom is 0.225 e. The number of hydrogen-bond acceptors (Lipinski definition) is 4. The number of hydrogen-bond donors (Lipinski definition) is 0. The number of rotatable bonds is 3. The van der Waals surface area contributed by atoms with Crippen molar-refractivity contribution in [3.8, 4) is 0 Å². The van der Waals surface area contributed by atoms with E-state index >= 15 is 0 Å². The van der Waals surface area contributed by atoms with E-state index in [1.807, 2.05) is 11.8 Å². The third kappa shape index (κ3) is 3.99. The Bertz CT molecular complexity index is 699. The lowest BCUT2D eigenvalue weighted by molar-refractivity contribution is -0.145. The normalized spacial score (nSPS) is 26.8. The van der Waals surface area contributed by atoms with Gasteiger partial charge in [-0.25, -0.2) is 0 Å². The summed E-state index contributed by atoms with van der Waals surface area (Å²) in [5.74, 6) is 0.797. The van der Waals surface area contributed by atoms with Crippen LogP contribution in [0.1, 0.15) is 62.8 Å². The van der Waals surface area contributed by atoms with Crippen LogP contribution in [0, 0.1) is 18.3 Å².